The molecule has 3 rings (SSSR count). The van der Waals surface area contributed by atoms with Crippen LogP contribution in [0.1, 0.15) is 0 Å². The third-order valence-corrected chi connectivity index (χ3v) is 3.68. The van der Waals surface area contributed by atoms with Crippen molar-refractivity contribution in [3.63, 3.8) is 0 Å². The van der Waals surface area contributed by atoms with Crippen molar-refractivity contribution in [3.8, 4) is 10.4 Å². The summed E-state index contributed by atoms with van der Waals surface area (Å²) in [5.41, 5.74) is 6.89. The molecule has 0 aliphatic heterocycles. The van der Waals surface area contributed by atoms with E-state index in [1.807, 2.05) is 18.2 Å². The van der Waals surface area contributed by atoms with E-state index < -0.39 is 0 Å². The number of hydrogen-bond donors (Lipinski definition) is 1. The summed E-state index contributed by atoms with van der Waals surface area (Å²) in [5.74, 6) is 0.592. The molecule has 2 aromatic heterocycles. The number of aromatic nitrogens is 1. The van der Waals surface area contributed by atoms with Gasteiger partial charge >= 0.3 is 0 Å². The van der Waals surface area contributed by atoms with Crippen LogP contribution in [0, 0.1) is 0 Å². The number of anilines is 1. The molecule has 0 saturated heterocycles. The predicted molar refractivity (Wildman–Crippen MR) is 69.5 cm³/mol. The van der Waals surface area contributed by atoms with Gasteiger partial charge in [0.05, 0.1) is 0 Å². The van der Waals surface area contributed by atoms with Crippen LogP contribution in [0.25, 0.3) is 20.5 Å². The highest BCUT2D eigenvalue weighted by atomic mass is 32.1. The number of nitrogen functional groups attached to an aromatic ring is 1. The van der Waals surface area contributed by atoms with Gasteiger partial charge in [0.15, 0.2) is 0 Å². The Balaban J connectivity index is 2.23. The predicted octanol–water partition coefficient (Wildman–Crippen LogP) is 3.55. The van der Waals surface area contributed by atoms with Crippen LogP contribution in [-0.2, 0) is 0 Å². The van der Waals surface area contributed by atoms with Gasteiger partial charge in [-0.1, -0.05) is 18.2 Å². The molecule has 78 valence electrons. The standard InChI is InChI=1S/C13H10N2S/c14-13-10(5-3-7-15-13)12-8-9-4-1-2-6-11(9)16-12/h1-8H,(H2,14,15). The van der Waals surface area contributed by atoms with Gasteiger partial charge in [-0.25, -0.2) is 4.98 Å². The van der Waals surface area contributed by atoms with Crippen LogP contribution < -0.4 is 5.73 Å². The van der Waals surface area contributed by atoms with Gasteiger partial charge in [-0.3, -0.25) is 0 Å². The maximum atomic E-state index is 5.87. The van der Waals surface area contributed by atoms with E-state index in [9.17, 15) is 0 Å². The number of benzene rings is 1. The minimum absolute atomic E-state index is 0.592. The van der Waals surface area contributed by atoms with Gasteiger partial charge < -0.3 is 5.73 Å². The van der Waals surface area contributed by atoms with Gasteiger partial charge in [-0.15, -0.1) is 11.3 Å². The van der Waals surface area contributed by atoms with E-state index in [1.54, 1.807) is 17.5 Å². The molecule has 2 nitrogen and oxygen atoms in total. The molecule has 0 amide bonds. The summed E-state index contributed by atoms with van der Waals surface area (Å²) in [5, 5.41) is 1.26. The molecule has 0 aliphatic rings. The van der Waals surface area contributed by atoms with Gasteiger partial charge in [-0.2, -0.15) is 0 Å². The summed E-state index contributed by atoms with van der Waals surface area (Å²) in [7, 11) is 0. The Labute approximate surface area is 97.4 Å². The van der Waals surface area contributed by atoms with E-state index in [2.05, 4.69) is 29.2 Å². The number of pyridine rings is 1. The quantitative estimate of drug-likeness (QED) is 0.689. The molecule has 0 bridgehead atoms. The molecule has 0 spiro atoms. The van der Waals surface area contributed by atoms with Crippen LogP contribution in [0.2, 0.25) is 0 Å². The van der Waals surface area contributed by atoms with Crippen molar-refractivity contribution >= 4 is 27.2 Å². The highest BCUT2D eigenvalue weighted by molar-refractivity contribution is 7.22. The zero-order valence-electron chi connectivity index (χ0n) is 8.55. The molecule has 0 saturated carbocycles. The summed E-state index contributed by atoms with van der Waals surface area (Å²) in [6.45, 7) is 0. The molecule has 2 N–H and O–H groups in total. The lowest BCUT2D eigenvalue weighted by atomic mass is 10.2. The summed E-state index contributed by atoms with van der Waals surface area (Å²) in [6.07, 6.45) is 1.71. The van der Waals surface area contributed by atoms with E-state index >= 15 is 0 Å². The smallest absolute Gasteiger partial charge is 0.132 e. The van der Waals surface area contributed by atoms with Crippen molar-refractivity contribution in [3.05, 3.63) is 48.7 Å². The summed E-state index contributed by atoms with van der Waals surface area (Å²) >= 11 is 1.74. The number of rotatable bonds is 1. The number of nitrogens with two attached hydrogens (primary N) is 1. The van der Waals surface area contributed by atoms with Crippen LogP contribution in [0.15, 0.2) is 48.7 Å². The lowest BCUT2D eigenvalue weighted by Crippen LogP contribution is -1.91. The first-order valence-electron chi connectivity index (χ1n) is 5.04. The maximum absolute atomic E-state index is 5.87. The minimum atomic E-state index is 0.592. The van der Waals surface area contributed by atoms with Crippen LogP contribution in [0.4, 0.5) is 5.82 Å². The highest BCUT2D eigenvalue weighted by Gasteiger charge is 2.06. The summed E-state index contributed by atoms with van der Waals surface area (Å²) < 4.78 is 1.28. The van der Waals surface area contributed by atoms with Gasteiger partial charge in [-0.05, 0) is 29.7 Å². The first kappa shape index (κ1) is 9.36. The normalized spacial score (nSPS) is 10.8. The van der Waals surface area contributed by atoms with Crippen molar-refractivity contribution in [2.24, 2.45) is 0 Å². The van der Waals surface area contributed by atoms with Crippen LogP contribution >= 0.6 is 11.3 Å². The Morgan fingerprint density at radius 1 is 1.06 bits per heavy atom. The molecule has 0 aliphatic carbocycles. The van der Waals surface area contributed by atoms with E-state index in [0.29, 0.717) is 5.82 Å². The lowest BCUT2D eigenvalue weighted by molar-refractivity contribution is 1.34. The second kappa shape index (κ2) is 3.61. The zero-order valence-corrected chi connectivity index (χ0v) is 9.37. The fourth-order valence-electron chi connectivity index (χ4n) is 1.74. The van der Waals surface area contributed by atoms with E-state index in [-0.39, 0.29) is 0 Å². The monoisotopic (exact) mass is 226 g/mol. The molecule has 0 atom stereocenters. The Morgan fingerprint density at radius 3 is 2.75 bits per heavy atom. The summed E-state index contributed by atoms with van der Waals surface area (Å²) in [4.78, 5) is 5.28. The van der Waals surface area contributed by atoms with Crippen molar-refractivity contribution in [1.82, 2.24) is 4.98 Å². The second-order valence-corrected chi connectivity index (χ2v) is 4.67. The molecule has 0 radical (unpaired) electrons. The first-order valence-corrected chi connectivity index (χ1v) is 5.86. The second-order valence-electron chi connectivity index (χ2n) is 3.58. The molecule has 1 aromatic carbocycles. The van der Waals surface area contributed by atoms with Gasteiger partial charge in [0.1, 0.15) is 5.82 Å². The fraction of sp³-hybridized carbons (Fsp3) is 0. The summed E-state index contributed by atoms with van der Waals surface area (Å²) in [6, 6.07) is 14.4. The molecule has 0 fully saturated rings. The zero-order chi connectivity index (χ0) is 11.0. The van der Waals surface area contributed by atoms with Gasteiger partial charge in [0.25, 0.3) is 0 Å². The van der Waals surface area contributed by atoms with E-state index in [0.717, 1.165) is 5.56 Å². The van der Waals surface area contributed by atoms with Crippen LogP contribution in [-0.4, -0.2) is 4.98 Å². The molecular formula is C13H10N2S. The number of nitrogens with zero attached hydrogens (tertiary/aromatic N) is 1. The Morgan fingerprint density at radius 2 is 1.94 bits per heavy atom. The number of thiophene rings is 1. The van der Waals surface area contributed by atoms with Crippen LogP contribution in [0.3, 0.4) is 0 Å². The Hall–Kier alpha value is -1.87. The molecule has 2 heterocycles. The Kier molecular flexibility index (Phi) is 2.11. The maximum Gasteiger partial charge on any atom is 0.132 e. The third-order valence-electron chi connectivity index (χ3n) is 2.53. The first-order chi connectivity index (χ1) is 7.84. The van der Waals surface area contributed by atoms with E-state index in [1.165, 1.54) is 15.0 Å². The van der Waals surface area contributed by atoms with Crippen molar-refractivity contribution in [2.45, 2.75) is 0 Å². The lowest BCUT2D eigenvalue weighted by Gasteiger charge is -1.99. The van der Waals surface area contributed by atoms with Crippen LogP contribution in [0.5, 0.6) is 0 Å². The topological polar surface area (TPSA) is 38.9 Å². The van der Waals surface area contributed by atoms with Crippen molar-refractivity contribution in [2.75, 3.05) is 5.73 Å². The highest BCUT2D eigenvalue weighted by Crippen LogP contribution is 2.35. The molecule has 0 unspecified atom stereocenters. The van der Waals surface area contributed by atoms with Gasteiger partial charge in [0.2, 0.25) is 0 Å². The average molecular weight is 226 g/mol. The third kappa shape index (κ3) is 1.46. The molecular weight excluding hydrogens is 216 g/mol. The van der Waals surface area contributed by atoms with Gasteiger partial charge in [0, 0.05) is 21.3 Å². The van der Waals surface area contributed by atoms with Crippen molar-refractivity contribution in [1.29, 1.82) is 0 Å². The SMILES string of the molecule is Nc1ncccc1-c1cc2ccccc2s1. The average Bonchev–Trinajstić information content (AvgIpc) is 2.73. The molecule has 16 heavy (non-hydrogen) atoms. The van der Waals surface area contributed by atoms with Crippen molar-refractivity contribution < 1.29 is 0 Å². The minimum Gasteiger partial charge on any atom is -0.383 e. The van der Waals surface area contributed by atoms with E-state index in [4.69, 9.17) is 5.73 Å². The number of fused-ring (bicyclic) bond motifs is 1. The molecule has 3 aromatic rings. The number of hydrogen-bond acceptors (Lipinski definition) is 3. The Bertz CT molecular complexity index is 610. The molecule has 3 heteroatoms. The largest absolute Gasteiger partial charge is 0.383 e. The fourth-order valence-corrected chi connectivity index (χ4v) is 2.84.